The number of piperidine rings is 3. The van der Waals surface area contributed by atoms with E-state index in [2.05, 4.69) is 56.4 Å². The largest absolute Gasteiger partial charge is 0.444 e. The van der Waals surface area contributed by atoms with E-state index in [-0.39, 0.29) is 92.9 Å². The molecule has 0 radical (unpaired) electrons. The van der Waals surface area contributed by atoms with E-state index in [1.165, 1.54) is 0 Å². The normalized spacial score (nSPS) is 18.9. The van der Waals surface area contributed by atoms with Crippen LogP contribution in [-0.2, 0) is 85.7 Å². The Kier molecular flexibility index (Phi) is 43.9. The molecule has 3 aromatic carbocycles. The molecule has 41 nitrogen and oxygen atoms in total. The van der Waals surface area contributed by atoms with Crippen LogP contribution in [0.3, 0.4) is 0 Å². The molecular formula is C85H123Cl2N15O26. The second kappa shape index (κ2) is 53.3. The van der Waals surface area contributed by atoms with Gasteiger partial charge in [0.05, 0.1) is 146 Å². The van der Waals surface area contributed by atoms with Crippen molar-refractivity contribution in [3.8, 4) is 0 Å². The minimum absolute atomic E-state index is 0. The highest BCUT2D eigenvalue weighted by molar-refractivity contribution is 6.26. The summed E-state index contributed by atoms with van der Waals surface area (Å²) in [4.78, 5) is 195. The van der Waals surface area contributed by atoms with Gasteiger partial charge in [0.15, 0.2) is 0 Å². The first-order chi connectivity index (χ1) is 60.5. The molecule has 0 aromatic heterocycles. The summed E-state index contributed by atoms with van der Waals surface area (Å²) in [6.07, 6.45) is 0.534. The van der Waals surface area contributed by atoms with Crippen molar-refractivity contribution in [3.63, 3.8) is 0 Å². The number of hydrogen-bond donors (Lipinski definition) is 7. The molecule has 8 N–H and O–H groups in total. The molecule has 3 aromatic rings. The van der Waals surface area contributed by atoms with Crippen LogP contribution in [0.15, 0.2) is 54.6 Å². The first-order valence-electron chi connectivity index (χ1n) is 42.8. The minimum Gasteiger partial charge on any atom is -0.444 e. The van der Waals surface area contributed by atoms with Gasteiger partial charge >= 0.3 is 12.2 Å². The molecule has 9 aliphatic heterocycles. The molecule has 14 amide bonds. The van der Waals surface area contributed by atoms with Gasteiger partial charge in [0.1, 0.15) is 42.2 Å². The molecule has 0 aliphatic carbocycles. The first kappa shape index (κ1) is 105. The van der Waals surface area contributed by atoms with Gasteiger partial charge < -0.3 is 93.3 Å². The summed E-state index contributed by atoms with van der Waals surface area (Å²) >= 11 is 0. The van der Waals surface area contributed by atoms with Crippen LogP contribution >= 0.6 is 24.8 Å². The molecule has 3 unspecified atom stereocenters. The number of rotatable bonds is 40. The van der Waals surface area contributed by atoms with Gasteiger partial charge in [0, 0.05) is 148 Å². The summed E-state index contributed by atoms with van der Waals surface area (Å²) in [5.41, 5.74) is 8.75. The van der Waals surface area contributed by atoms with E-state index in [4.69, 9.17) is 57.8 Å². The van der Waals surface area contributed by atoms with Crippen LogP contribution in [-0.4, -0.2) is 373 Å². The molecule has 0 spiro atoms. The molecule has 6 saturated heterocycles. The van der Waals surface area contributed by atoms with E-state index < -0.39 is 101 Å². The number of imide groups is 6. The number of alkyl carbamates (subject to hydrolysis) is 2. The topological polar surface area (TPSA) is 482 Å². The van der Waals surface area contributed by atoms with Crippen molar-refractivity contribution in [2.45, 2.75) is 109 Å². The van der Waals surface area contributed by atoms with Crippen LogP contribution in [0.5, 0.6) is 0 Å². The Morgan fingerprint density at radius 3 is 0.961 bits per heavy atom. The SMILES string of the molecule is CC(C)(C)OC(=O)NCCOCCOCCOCC=O.CC(C)(C)OC(=O)NCCOCCOCCOCCN1CCN(c2ccc3c(c2)C(=O)N(C2CCC(=O)NC2=O)C3=O)CC1.Cl.Cl.NCCOCCOCCOCCN1CCN(c2ccc3c(c2)C(=O)N(C2CCC(=O)NC2=O)C3=O)CC1.O=C1CCC(N2C(=O)c3ccc(N4CCNCC4)cc3C2=O)C(=O)N1. The molecule has 9 aliphatic rings. The Morgan fingerprint density at radius 2 is 0.664 bits per heavy atom. The summed E-state index contributed by atoms with van der Waals surface area (Å²) in [6.45, 7) is 31.8. The quantitative estimate of drug-likeness (QED) is 0.0238. The van der Waals surface area contributed by atoms with Crippen LogP contribution < -0.4 is 52.3 Å². The number of carbonyl (C=O) groups excluding carboxylic acids is 15. The van der Waals surface area contributed by atoms with Crippen LogP contribution in [0, 0.1) is 0 Å². The van der Waals surface area contributed by atoms with Crippen molar-refractivity contribution in [2.75, 3.05) is 245 Å². The smallest absolute Gasteiger partial charge is 0.407 e. The molecule has 9 heterocycles. The molecule has 6 fully saturated rings. The number of piperazine rings is 3. The van der Waals surface area contributed by atoms with E-state index in [0.717, 1.165) is 123 Å². The van der Waals surface area contributed by atoms with E-state index in [1.54, 1.807) is 57.2 Å². The van der Waals surface area contributed by atoms with Gasteiger partial charge in [-0.3, -0.25) is 98.0 Å². The molecule has 128 heavy (non-hydrogen) atoms. The van der Waals surface area contributed by atoms with Gasteiger partial charge in [-0.05, 0) is 115 Å². The van der Waals surface area contributed by atoms with Gasteiger partial charge in [-0.15, -0.1) is 24.8 Å². The Balaban J connectivity index is 0.000000242. The van der Waals surface area contributed by atoms with Crippen molar-refractivity contribution in [3.05, 3.63) is 88.0 Å². The van der Waals surface area contributed by atoms with Gasteiger partial charge in [-0.25, -0.2) is 9.59 Å². The number of nitrogens with one attached hydrogen (secondary N) is 6. The number of aldehydes is 1. The van der Waals surface area contributed by atoms with E-state index in [1.807, 2.05) is 39.0 Å². The number of carbonyl (C=O) groups is 15. The number of hydrogen-bond acceptors (Lipinski definition) is 33. The lowest BCUT2D eigenvalue weighted by atomic mass is 10.0. The van der Waals surface area contributed by atoms with Gasteiger partial charge in [-0.2, -0.15) is 0 Å². The maximum absolute atomic E-state index is 13.1. The lowest BCUT2D eigenvalue weighted by molar-refractivity contribution is -0.137. The van der Waals surface area contributed by atoms with Crippen LogP contribution in [0.4, 0.5) is 26.7 Å². The predicted octanol–water partition coefficient (Wildman–Crippen LogP) is 1.10. The summed E-state index contributed by atoms with van der Waals surface area (Å²) < 4.78 is 58.5. The highest BCUT2D eigenvalue weighted by Crippen LogP contribution is 2.35. The molecule has 0 saturated carbocycles. The maximum atomic E-state index is 13.1. The Hall–Kier alpha value is -9.83. The Bertz CT molecular complexity index is 4270. The maximum Gasteiger partial charge on any atom is 0.407 e. The van der Waals surface area contributed by atoms with Gasteiger partial charge in [0.2, 0.25) is 35.4 Å². The number of nitrogens with zero attached hydrogens (tertiary/aromatic N) is 8. The first-order valence-corrected chi connectivity index (χ1v) is 42.8. The number of halogens is 2. The number of amides is 14. The summed E-state index contributed by atoms with van der Waals surface area (Å²) in [6, 6.07) is 12.8. The van der Waals surface area contributed by atoms with Gasteiger partial charge in [0.25, 0.3) is 35.4 Å². The standard InChI is InChI=1S/C30H43N5O9.C25H35N5O7.C17H18N4O4.C13H25NO6.2ClH/c1-30(2,3)44-29(40)31-8-14-41-16-18-43-19-17-42-15-13-33-9-11-34(12-10-33)21-4-5-22-23(20-21)28(39)35(27(22)38)24-6-7-25(36)32-26(24)37;26-5-11-35-13-15-37-16-14-36-12-10-28-6-8-29(9-7-28)18-1-2-19-20(17-18)25(34)30(24(19)33)21-3-4-22(31)27-23(21)32;22-14-4-3-13(15(23)19-14)21-16(24)11-2-1-10(9-12(11)17(21)25)20-7-5-18-6-8-20;1-13(2,3)20-12(16)14-4-6-17-8-10-19-11-9-18-7-5-15;;/h4-5,20,24H,6-19H2,1-3H3,(H,31,40)(H,32,36,37);1-2,17,21H,3-16,26H2,(H,27,31,32);1-2,9,13,18H,3-8H2,(H,19,22,23);5H,4,6-11H2,1-3H3,(H,14,16);2*1H. The third-order valence-electron chi connectivity index (χ3n) is 20.8. The van der Waals surface area contributed by atoms with E-state index >= 15 is 0 Å². The van der Waals surface area contributed by atoms with Crippen LogP contribution in [0.2, 0.25) is 0 Å². The second-order valence-electron chi connectivity index (χ2n) is 32.2. The van der Waals surface area contributed by atoms with Crippen molar-refractivity contribution in [1.82, 2.24) is 56.4 Å². The zero-order chi connectivity index (χ0) is 90.7. The average Bonchev–Trinajstić information content (AvgIpc) is 1.62. The van der Waals surface area contributed by atoms with Crippen LogP contribution in [0.25, 0.3) is 0 Å². The van der Waals surface area contributed by atoms with E-state index in [9.17, 15) is 71.9 Å². The molecule has 3 atom stereocenters. The zero-order valence-corrected chi connectivity index (χ0v) is 75.2. The number of nitrogens with two attached hydrogens (primary N) is 1. The molecule has 12 rings (SSSR count). The fourth-order valence-corrected chi connectivity index (χ4v) is 14.6. The van der Waals surface area contributed by atoms with Gasteiger partial charge in [-0.1, -0.05) is 0 Å². The Morgan fingerprint density at radius 1 is 0.383 bits per heavy atom. The summed E-state index contributed by atoms with van der Waals surface area (Å²) in [7, 11) is 0. The Labute approximate surface area is 756 Å². The van der Waals surface area contributed by atoms with Crippen molar-refractivity contribution in [1.29, 1.82) is 0 Å². The zero-order valence-electron chi connectivity index (χ0n) is 73.6. The molecule has 43 heteroatoms. The highest BCUT2D eigenvalue weighted by Gasteiger charge is 2.48. The minimum atomic E-state index is -0.971. The third-order valence-corrected chi connectivity index (χ3v) is 20.8. The lowest BCUT2D eigenvalue weighted by Gasteiger charge is -2.36. The number of ether oxygens (including phenoxy) is 11. The number of fused-ring (bicyclic) bond motifs is 3. The monoisotopic (exact) mass is 1840 g/mol. The van der Waals surface area contributed by atoms with Crippen LogP contribution in [0.1, 0.15) is 142 Å². The molecule has 708 valence electrons. The van der Waals surface area contributed by atoms with Crippen molar-refractivity contribution >= 4 is 131 Å². The lowest BCUT2D eigenvalue weighted by Crippen LogP contribution is -2.54. The number of benzene rings is 3. The summed E-state index contributed by atoms with van der Waals surface area (Å²) in [5, 5.41) is 15.1. The second-order valence-corrected chi connectivity index (χ2v) is 32.2. The average molecular weight is 1840 g/mol. The summed E-state index contributed by atoms with van der Waals surface area (Å²) in [5.74, 6) is -5.88. The van der Waals surface area contributed by atoms with Crippen molar-refractivity contribution < 1.29 is 124 Å². The fourth-order valence-electron chi connectivity index (χ4n) is 14.6. The number of anilines is 3. The van der Waals surface area contributed by atoms with E-state index in [0.29, 0.717) is 160 Å². The highest BCUT2D eigenvalue weighted by atomic mass is 35.5. The van der Waals surface area contributed by atoms with Crippen molar-refractivity contribution in [2.24, 2.45) is 5.73 Å². The third kappa shape index (κ3) is 32.4. The molecule has 0 bridgehead atoms. The molecular weight excluding hydrogens is 1720 g/mol. The predicted molar refractivity (Wildman–Crippen MR) is 467 cm³/mol. The fraction of sp³-hybridized carbons (Fsp3) is 0.612.